The molecule has 1 fully saturated rings. The van der Waals surface area contributed by atoms with Crippen LogP contribution >= 0.6 is 11.3 Å². The average Bonchev–Trinajstić information content (AvgIpc) is 3.26. The first kappa shape index (κ1) is 22.4. The van der Waals surface area contributed by atoms with Crippen molar-refractivity contribution in [1.82, 2.24) is 0 Å². The second-order valence-electron chi connectivity index (χ2n) is 10.0. The van der Waals surface area contributed by atoms with Crippen LogP contribution in [0.2, 0.25) is 0 Å². The molecule has 0 amide bonds. The lowest BCUT2D eigenvalue weighted by Gasteiger charge is -2.32. The lowest BCUT2D eigenvalue weighted by molar-refractivity contribution is 0.00578. The van der Waals surface area contributed by atoms with Crippen molar-refractivity contribution in [1.29, 1.82) is 0 Å². The predicted molar refractivity (Wildman–Crippen MR) is 142 cm³/mol. The van der Waals surface area contributed by atoms with Crippen molar-refractivity contribution in [3.8, 4) is 11.1 Å². The minimum absolute atomic E-state index is 0.349. The molecule has 0 unspecified atom stereocenters. The second kappa shape index (κ2) is 8.43. The molecular formula is C29H31BO2S. The molecule has 0 atom stereocenters. The number of rotatable bonds is 5. The smallest absolute Gasteiger partial charge is 0.399 e. The number of aryl methyl sites for hydroxylation is 3. The maximum atomic E-state index is 6.37. The highest BCUT2D eigenvalue weighted by Crippen LogP contribution is 2.41. The molecule has 5 rings (SSSR count). The lowest BCUT2D eigenvalue weighted by atomic mass is 9.77. The van der Waals surface area contributed by atoms with Crippen molar-refractivity contribution in [2.24, 2.45) is 0 Å². The van der Waals surface area contributed by atoms with Gasteiger partial charge in [-0.05, 0) is 75.7 Å². The van der Waals surface area contributed by atoms with E-state index in [-0.39, 0.29) is 18.3 Å². The van der Waals surface area contributed by atoms with Crippen LogP contribution in [-0.2, 0) is 22.2 Å². The highest BCUT2D eigenvalue weighted by molar-refractivity contribution is 7.19. The van der Waals surface area contributed by atoms with E-state index in [4.69, 9.17) is 9.31 Å². The summed E-state index contributed by atoms with van der Waals surface area (Å²) in [5.41, 5.74) is 5.68. The Bertz CT molecular complexity index is 1270. The fraction of sp³-hybridized carbons (Fsp3) is 0.310. The molecule has 2 nitrogen and oxygen atoms in total. The minimum Gasteiger partial charge on any atom is -0.399 e. The van der Waals surface area contributed by atoms with Crippen LogP contribution in [0.25, 0.3) is 21.2 Å². The summed E-state index contributed by atoms with van der Waals surface area (Å²) in [4.78, 5) is 1.44. The first-order valence-electron chi connectivity index (χ1n) is 11.8. The summed E-state index contributed by atoms with van der Waals surface area (Å²) in [6.45, 7) is 10.6. The number of benzene rings is 3. The standard InChI is InChI=1S/C29H31BO2S/c1-20-15-17-22(30-31-28(2,3)29(4,5)32-30)19-24(20)27-23-13-9-10-14-25(23)33-26(27)18-16-21-11-7-6-8-12-21/h6-15,17,19H,16,18H2,1-5H3. The summed E-state index contributed by atoms with van der Waals surface area (Å²) in [6.07, 6.45) is 2.06. The molecule has 1 saturated heterocycles. The molecule has 0 aliphatic carbocycles. The van der Waals surface area contributed by atoms with Crippen LogP contribution in [0.5, 0.6) is 0 Å². The summed E-state index contributed by atoms with van der Waals surface area (Å²) in [5, 5.41) is 1.33. The molecule has 4 heteroatoms. The lowest BCUT2D eigenvalue weighted by Crippen LogP contribution is -2.41. The maximum absolute atomic E-state index is 6.37. The largest absolute Gasteiger partial charge is 0.494 e. The molecule has 4 aromatic rings. The van der Waals surface area contributed by atoms with Crippen LogP contribution in [0.4, 0.5) is 0 Å². The molecule has 0 bridgehead atoms. The predicted octanol–water partition coefficient (Wildman–Crippen LogP) is 6.96. The van der Waals surface area contributed by atoms with Crippen LogP contribution in [0.15, 0.2) is 72.8 Å². The van der Waals surface area contributed by atoms with Crippen LogP contribution in [0, 0.1) is 6.92 Å². The van der Waals surface area contributed by atoms with Crippen molar-refractivity contribution in [2.45, 2.75) is 58.7 Å². The Hall–Kier alpha value is -2.40. The molecule has 168 valence electrons. The van der Waals surface area contributed by atoms with Gasteiger partial charge in [0.15, 0.2) is 0 Å². The highest BCUT2D eigenvalue weighted by atomic mass is 32.1. The minimum atomic E-state index is -0.355. The number of hydrogen-bond donors (Lipinski definition) is 0. The molecule has 0 radical (unpaired) electrons. The van der Waals surface area contributed by atoms with Gasteiger partial charge in [-0.1, -0.05) is 66.7 Å². The third-order valence-corrected chi connectivity index (χ3v) is 8.44. The van der Waals surface area contributed by atoms with E-state index in [0.717, 1.165) is 18.3 Å². The Morgan fingerprint density at radius 3 is 2.18 bits per heavy atom. The fourth-order valence-corrected chi connectivity index (χ4v) is 5.72. The highest BCUT2D eigenvalue weighted by Gasteiger charge is 2.51. The van der Waals surface area contributed by atoms with Gasteiger partial charge in [-0.25, -0.2) is 0 Å². The molecule has 1 aliphatic heterocycles. The second-order valence-corrected chi connectivity index (χ2v) is 11.2. The van der Waals surface area contributed by atoms with Gasteiger partial charge < -0.3 is 9.31 Å². The SMILES string of the molecule is Cc1ccc(B2OC(C)(C)C(C)(C)O2)cc1-c1c(CCc2ccccc2)sc2ccccc12. The van der Waals surface area contributed by atoms with Crippen molar-refractivity contribution >= 4 is 34.0 Å². The van der Waals surface area contributed by atoms with Crippen LogP contribution in [0.3, 0.4) is 0 Å². The Balaban J connectivity index is 1.57. The Kier molecular flexibility index (Phi) is 5.72. The van der Waals surface area contributed by atoms with E-state index in [9.17, 15) is 0 Å². The van der Waals surface area contributed by atoms with Crippen LogP contribution in [-0.4, -0.2) is 18.3 Å². The van der Waals surface area contributed by atoms with Crippen molar-refractivity contribution in [3.05, 3.63) is 88.8 Å². The van der Waals surface area contributed by atoms with Gasteiger partial charge in [-0.2, -0.15) is 0 Å². The van der Waals surface area contributed by atoms with Crippen molar-refractivity contribution < 1.29 is 9.31 Å². The summed E-state index contributed by atoms with van der Waals surface area (Å²) in [7, 11) is -0.355. The van der Waals surface area contributed by atoms with Gasteiger partial charge in [0.05, 0.1) is 11.2 Å². The quantitative estimate of drug-likeness (QED) is 0.304. The number of hydrogen-bond acceptors (Lipinski definition) is 3. The zero-order valence-electron chi connectivity index (χ0n) is 20.1. The van der Waals surface area contributed by atoms with Crippen molar-refractivity contribution in [3.63, 3.8) is 0 Å². The van der Waals surface area contributed by atoms with Gasteiger partial charge in [0.1, 0.15) is 0 Å². The summed E-state index contributed by atoms with van der Waals surface area (Å²) >= 11 is 1.92. The van der Waals surface area contributed by atoms with Gasteiger partial charge in [0, 0.05) is 20.5 Å². The summed E-state index contributed by atoms with van der Waals surface area (Å²) in [5.74, 6) is 0. The van der Waals surface area contributed by atoms with E-state index < -0.39 is 0 Å². The Labute approximate surface area is 201 Å². The third-order valence-electron chi connectivity index (χ3n) is 7.21. The zero-order valence-corrected chi connectivity index (χ0v) is 21.0. The molecule has 1 aromatic heterocycles. The molecule has 33 heavy (non-hydrogen) atoms. The molecule has 0 N–H and O–H groups in total. The summed E-state index contributed by atoms with van der Waals surface area (Å²) in [6, 6.07) is 26.2. The van der Waals surface area contributed by atoms with Crippen LogP contribution in [0.1, 0.15) is 43.7 Å². The molecule has 0 saturated carbocycles. The topological polar surface area (TPSA) is 18.5 Å². The van der Waals surface area contributed by atoms with Gasteiger partial charge in [-0.15, -0.1) is 11.3 Å². The first-order chi connectivity index (χ1) is 15.7. The monoisotopic (exact) mass is 454 g/mol. The van der Waals surface area contributed by atoms with Crippen LogP contribution < -0.4 is 5.46 Å². The summed E-state index contributed by atoms with van der Waals surface area (Å²) < 4.78 is 14.1. The van der Waals surface area contributed by atoms with Gasteiger partial charge in [-0.3, -0.25) is 0 Å². The molecule has 3 aromatic carbocycles. The Morgan fingerprint density at radius 1 is 0.788 bits per heavy atom. The van der Waals surface area contributed by atoms with Gasteiger partial charge in [0.2, 0.25) is 0 Å². The molecule has 0 spiro atoms. The van der Waals surface area contributed by atoms with E-state index in [1.54, 1.807) is 0 Å². The molecular weight excluding hydrogens is 423 g/mol. The number of fused-ring (bicyclic) bond motifs is 1. The van der Waals surface area contributed by atoms with Gasteiger partial charge in [0.25, 0.3) is 0 Å². The van der Waals surface area contributed by atoms with E-state index in [2.05, 4.69) is 107 Å². The van der Waals surface area contributed by atoms with Gasteiger partial charge >= 0.3 is 7.12 Å². The van der Waals surface area contributed by atoms with E-state index >= 15 is 0 Å². The van der Waals surface area contributed by atoms with E-state index in [1.807, 2.05) is 11.3 Å². The number of thiophene rings is 1. The fourth-order valence-electron chi connectivity index (χ4n) is 4.50. The maximum Gasteiger partial charge on any atom is 0.494 e. The van der Waals surface area contributed by atoms with E-state index in [0.29, 0.717) is 0 Å². The Morgan fingerprint density at radius 2 is 1.45 bits per heavy atom. The normalized spacial score (nSPS) is 17.1. The molecule has 1 aliphatic rings. The van der Waals surface area contributed by atoms with E-state index in [1.165, 1.54) is 37.2 Å². The third kappa shape index (κ3) is 4.16. The first-order valence-corrected chi connectivity index (χ1v) is 12.6. The van der Waals surface area contributed by atoms with Crippen molar-refractivity contribution in [2.75, 3.05) is 0 Å². The zero-order chi connectivity index (χ0) is 23.2. The molecule has 2 heterocycles. The average molecular weight is 454 g/mol.